The monoisotopic (exact) mass is 378 g/mol. The van der Waals surface area contributed by atoms with Gasteiger partial charge in [0.05, 0.1) is 18.2 Å². The molecule has 3 N–H and O–H groups in total. The first kappa shape index (κ1) is 19.6. The summed E-state index contributed by atoms with van der Waals surface area (Å²) in [5, 5.41) is 19.8. The Balaban J connectivity index is 1.61. The van der Waals surface area contributed by atoms with Gasteiger partial charge >= 0.3 is 0 Å². The summed E-state index contributed by atoms with van der Waals surface area (Å²) in [6.07, 6.45) is 7.81. The third kappa shape index (κ3) is 5.44. The third-order valence-corrected chi connectivity index (χ3v) is 6.55. The second kappa shape index (κ2) is 9.72. The number of aliphatic hydroxyl groups is 1. The van der Waals surface area contributed by atoms with Crippen LogP contribution in [0.5, 0.6) is 0 Å². The predicted molar refractivity (Wildman–Crippen MR) is 110 cm³/mol. The molecule has 5 nitrogen and oxygen atoms in total. The fourth-order valence-corrected chi connectivity index (χ4v) is 4.93. The van der Waals surface area contributed by atoms with Crippen molar-refractivity contribution in [3.05, 3.63) is 22.4 Å². The van der Waals surface area contributed by atoms with E-state index in [9.17, 15) is 5.11 Å². The van der Waals surface area contributed by atoms with Crippen LogP contribution < -0.4 is 10.6 Å². The zero-order valence-electron chi connectivity index (χ0n) is 16.0. The highest BCUT2D eigenvalue weighted by Gasteiger charge is 2.29. The topological polar surface area (TPSA) is 59.9 Å². The first-order valence-electron chi connectivity index (χ1n) is 10.2. The van der Waals surface area contributed by atoms with E-state index in [-0.39, 0.29) is 0 Å². The van der Waals surface area contributed by atoms with Crippen LogP contribution in [-0.2, 0) is 0 Å². The molecule has 26 heavy (non-hydrogen) atoms. The maximum atomic E-state index is 10.7. The molecule has 1 aromatic heterocycles. The van der Waals surface area contributed by atoms with E-state index in [2.05, 4.69) is 40.0 Å². The van der Waals surface area contributed by atoms with Crippen molar-refractivity contribution in [2.24, 2.45) is 4.99 Å². The van der Waals surface area contributed by atoms with Crippen LogP contribution in [0.15, 0.2) is 22.5 Å². The fourth-order valence-electron chi connectivity index (χ4n) is 4.07. The van der Waals surface area contributed by atoms with Crippen molar-refractivity contribution in [3.63, 3.8) is 0 Å². The Morgan fingerprint density at radius 2 is 2.00 bits per heavy atom. The van der Waals surface area contributed by atoms with Gasteiger partial charge in [-0.25, -0.2) is 0 Å². The van der Waals surface area contributed by atoms with Gasteiger partial charge in [-0.2, -0.15) is 0 Å². The molecule has 2 heterocycles. The van der Waals surface area contributed by atoms with Crippen molar-refractivity contribution in [1.29, 1.82) is 0 Å². The number of thiophene rings is 1. The molecular formula is C20H34N4OS. The number of rotatable bonds is 7. The van der Waals surface area contributed by atoms with Gasteiger partial charge in [0.1, 0.15) is 0 Å². The van der Waals surface area contributed by atoms with Crippen LogP contribution >= 0.6 is 11.3 Å². The zero-order valence-corrected chi connectivity index (χ0v) is 16.9. The SMILES string of the molecule is CCNC(=NCC1(O)CCCCC1)NCC(c1cccs1)N1CCCC1. The molecule has 1 aliphatic carbocycles. The van der Waals surface area contributed by atoms with E-state index >= 15 is 0 Å². The molecule has 0 amide bonds. The number of hydrogen-bond acceptors (Lipinski definition) is 4. The van der Waals surface area contributed by atoms with Gasteiger partial charge in [0.25, 0.3) is 0 Å². The number of nitrogens with one attached hydrogen (secondary N) is 2. The highest BCUT2D eigenvalue weighted by molar-refractivity contribution is 7.10. The first-order chi connectivity index (χ1) is 12.7. The van der Waals surface area contributed by atoms with Crippen molar-refractivity contribution < 1.29 is 5.11 Å². The Kier molecular flexibility index (Phi) is 7.34. The third-order valence-electron chi connectivity index (χ3n) is 5.58. The highest BCUT2D eigenvalue weighted by Crippen LogP contribution is 2.29. The van der Waals surface area contributed by atoms with Crippen molar-refractivity contribution in [1.82, 2.24) is 15.5 Å². The average molecular weight is 379 g/mol. The fraction of sp³-hybridized carbons (Fsp3) is 0.750. The van der Waals surface area contributed by atoms with E-state index in [1.54, 1.807) is 0 Å². The van der Waals surface area contributed by atoms with Gasteiger partial charge in [0.2, 0.25) is 0 Å². The van der Waals surface area contributed by atoms with Crippen LogP contribution in [0.1, 0.15) is 62.8 Å². The minimum atomic E-state index is -0.608. The molecule has 1 aliphatic heterocycles. The normalized spacial score (nSPS) is 22.3. The molecule has 2 aliphatic rings. The summed E-state index contributed by atoms with van der Waals surface area (Å²) in [4.78, 5) is 8.72. The lowest BCUT2D eigenvalue weighted by Crippen LogP contribution is -2.44. The largest absolute Gasteiger partial charge is 0.388 e. The van der Waals surface area contributed by atoms with Gasteiger partial charge in [-0.1, -0.05) is 25.3 Å². The molecule has 1 saturated heterocycles. The average Bonchev–Trinajstić information content (AvgIpc) is 3.35. The second-order valence-electron chi connectivity index (χ2n) is 7.64. The van der Waals surface area contributed by atoms with E-state index in [0.29, 0.717) is 12.6 Å². The second-order valence-corrected chi connectivity index (χ2v) is 8.61. The van der Waals surface area contributed by atoms with E-state index in [1.807, 2.05) is 11.3 Å². The summed E-state index contributed by atoms with van der Waals surface area (Å²) in [7, 11) is 0. The molecular weight excluding hydrogens is 344 g/mol. The molecule has 1 atom stereocenters. The molecule has 6 heteroatoms. The Morgan fingerprint density at radius 3 is 2.65 bits per heavy atom. The summed E-state index contributed by atoms with van der Waals surface area (Å²) in [6, 6.07) is 4.78. The van der Waals surface area contributed by atoms with Gasteiger partial charge in [0, 0.05) is 18.0 Å². The van der Waals surface area contributed by atoms with E-state index in [4.69, 9.17) is 4.99 Å². The summed E-state index contributed by atoms with van der Waals surface area (Å²) in [5.41, 5.74) is -0.608. The van der Waals surface area contributed by atoms with Gasteiger partial charge in [-0.15, -0.1) is 11.3 Å². The van der Waals surface area contributed by atoms with Crippen LogP contribution in [0.3, 0.4) is 0 Å². The molecule has 146 valence electrons. The van der Waals surface area contributed by atoms with E-state index in [1.165, 1.54) is 37.2 Å². The molecule has 2 fully saturated rings. The summed E-state index contributed by atoms with van der Waals surface area (Å²) >= 11 is 1.84. The highest BCUT2D eigenvalue weighted by atomic mass is 32.1. The lowest BCUT2D eigenvalue weighted by atomic mass is 9.85. The van der Waals surface area contributed by atoms with Gasteiger partial charge < -0.3 is 15.7 Å². The summed E-state index contributed by atoms with van der Waals surface area (Å²) in [5.74, 6) is 0.826. The van der Waals surface area contributed by atoms with E-state index < -0.39 is 5.60 Å². The zero-order chi connectivity index (χ0) is 18.2. The van der Waals surface area contributed by atoms with Crippen molar-refractivity contribution in [3.8, 4) is 0 Å². The van der Waals surface area contributed by atoms with Crippen molar-refractivity contribution in [2.75, 3.05) is 32.7 Å². The predicted octanol–water partition coefficient (Wildman–Crippen LogP) is 3.14. The quantitative estimate of drug-likeness (QED) is 0.504. The van der Waals surface area contributed by atoms with Crippen LogP contribution in [0.2, 0.25) is 0 Å². The molecule has 0 spiro atoms. The molecule has 0 radical (unpaired) electrons. The summed E-state index contributed by atoms with van der Waals surface area (Å²) < 4.78 is 0. The minimum absolute atomic E-state index is 0.402. The molecule has 1 saturated carbocycles. The standard InChI is InChI=1S/C20H34N4OS/c1-2-21-19(23-16-20(25)10-4-3-5-11-20)22-15-17(18-9-8-14-26-18)24-12-6-7-13-24/h8-9,14,17,25H,2-7,10-13,15-16H2,1H3,(H2,21,22,23). The molecule has 1 aromatic rings. The molecule has 3 rings (SSSR count). The van der Waals surface area contributed by atoms with Crippen LogP contribution in [0, 0.1) is 0 Å². The van der Waals surface area contributed by atoms with Gasteiger partial charge in [-0.3, -0.25) is 9.89 Å². The van der Waals surface area contributed by atoms with Crippen LogP contribution in [0.25, 0.3) is 0 Å². The Bertz CT molecular complexity index is 548. The Labute approximate surface area is 161 Å². The first-order valence-corrected chi connectivity index (χ1v) is 11.1. The number of guanidine groups is 1. The van der Waals surface area contributed by atoms with Crippen molar-refractivity contribution in [2.45, 2.75) is 63.5 Å². The lowest BCUT2D eigenvalue weighted by Gasteiger charge is -2.31. The maximum Gasteiger partial charge on any atom is 0.191 e. The number of likely N-dealkylation sites (tertiary alicyclic amines) is 1. The van der Waals surface area contributed by atoms with Crippen molar-refractivity contribution >= 4 is 17.3 Å². The number of aliphatic imine (C=N–C) groups is 1. The summed E-state index contributed by atoms with van der Waals surface area (Å²) in [6.45, 7) is 6.62. The van der Waals surface area contributed by atoms with Gasteiger partial charge in [-0.05, 0) is 57.1 Å². The lowest BCUT2D eigenvalue weighted by molar-refractivity contribution is 0.0131. The van der Waals surface area contributed by atoms with Gasteiger partial charge in [0.15, 0.2) is 5.96 Å². The molecule has 0 aromatic carbocycles. The smallest absolute Gasteiger partial charge is 0.191 e. The minimum Gasteiger partial charge on any atom is -0.388 e. The maximum absolute atomic E-state index is 10.7. The Morgan fingerprint density at radius 1 is 1.23 bits per heavy atom. The molecule has 0 bridgehead atoms. The Hall–Kier alpha value is -1.11. The number of nitrogens with zero attached hydrogens (tertiary/aromatic N) is 2. The molecule has 1 unspecified atom stereocenters. The van der Waals surface area contributed by atoms with Crippen LogP contribution in [0.4, 0.5) is 0 Å². The van der Waals surface area contributed by atoms with Crippen LogP contribution in [-0.4, -0.2) is 54.3 Å². The number of hydrogen-bond donors (Lipinski definition) is 3. The van der Waals surface area contributed by atoms with E-state index in [0.717, 1.165) is 44.7 Å².